The number of H-pyrrole nitrogens is 2. The summed E-state index contributed by atoms with van der Waals surface area (Å²) in [5.41, 5.74) is 1.93. The van der Waals surface area contributed by atoms with E-state index in [1.54, 1.807) is 11.0 Å². The Morgan fingerprint density at radius 1 is 1.12 bits per heavy atom. The molecule has 0 unspecified atom stereocenters. The van der Waals surface area contributed by atoms with Crippen LogP contribution in [-0.2, 0) is 11.2 Å². The lowest BCUT2D eigenvalue weighted by molar-refractivity contribution is -0.133. The molecule has 8 heteroatoms. The Balaban J connectivity index is 1.59. The maximum absolute atomic E-state index is 13.3. The predicted octanol–water partition coefficient (Wildman–Crippen LogP) is 2.53. The van der Waals surface area contributed by atoms with Gasteiger partial charge in [-0.05, 0) is 36.0 Å². The monoisotopic (exact) mass is 445 g/mol. The molecule has 170 valence electrons. The van der Waals surface area contributed by atoms with Crippen molar-refractivity contribution in [3.05, 3.63) is 89.1 Å². The summed E-state index contributed by atoms with van der Waals surface area (Å²) in [5.74, 6) is -0.551. The van der Waals surface area contributed by atoms with Gasteiger partial charge in [-0.2, -0.15) is 0 Å². The van der Waals surface area contributed by atoms with Gasteiger partial charge in [0, 0.05) is 19.6 Å². The van der Waals surface area contributed by atoms with E-state index in [0.717, 1.165) is 16.7 Å². The molecule has 33 heavy (non-hydrogen) atoms. The van der Waals surface area contributed by atoms with Crippen molar-refractivity contribution in [2.75, 3.05) is 19.6 Å². The van der Waals surface area contributed by atoms with Crippen LogP contribution in [0.2, 0.25) is 0 Å². The zero-order valence-electron chi connectivity index (χ0n) is 18.3. The van der Waals surface area contributed by atoms with Crippen molar-refractivity contribution in [3.8, 4) is 11.1 Å². The first-order valence-corrected chi connectivity index (χ1v) is 11.0. The second kappa shape index (κ2) is 9.68. The third kappa shape index (κ3) is 4.95. The molecule has 1 aliphatic heterocycles. The molecule has 2 aromatic carbocycles. The van der Waals surface area contributed by atoms with E-state index >= 15 is 0 Å². The van der Waals surface area contributed by atoms with E-state index in [2.05, 4.69) is 51.3 Å². The summed E-state index contributed by atoms with van der Waals surface area (Å²) in [4.78, 5) is 41.6. The number of hydrogen-bond donors (Lipinski definition) is 3. The highest BCUT2D eigenvalue weighted by Gasteiger charge is 2.43. The number of nitrogens with zero attached hydrogens (tertiary/aromatic N) is 2. The Labute approximate surface area is 191 Å². The lowest BCUT2D eigenvalue weighted by Crippen LogP contribution is -2.54. The maximum Gasteiger partial charge on any atom is 0.341 e. The Hall–Kier alpha value is -3.94. The molecule has 1 aliphatic rings. The van der Waals surface area contributed by atoms with Crippen LogP contribution in [0.5, 0.6) is 0 Å². The quantitative estimate of drug-likeness (QED) is 0.485. The number of aromatic nitrogens is 3. The molecule has 2 amide bonds. The molecule has 0 saturated carbocycles. The average Bonchev–Trinajstić information content (AvgIpc) is 3.29. The molecule has 8 nitrogen and oxygen atoms in total. The van der Waals surface area contributed by atoms with Crippen molar-refractivity contribution >= 4 is 11.8 Å². The highest BCUT2D eigenvalue weighted by Crippen LogP contribution is 2.35. The van der Waals surface area contributed by atoms with E-state index in [4.69, 9.17) is 0 Å². The molecular weight excluding hydrogens is 418 g/mol. The number of aromatic amines is 2. The van der Waals surface area contributed by atoms with Gasteiger partial charge in [0.05, 0.1) is 5.41 Å². The minimum Gasteiger partial charge on any atom is -0.352 e. The van der Waals surface area contributed by atoms with Crippen molar-refractivity contribution in [1.82, 2.24) is 25.4 Å². The molecule has 0 radical (unpaired) electrons. The van der Waals surface area contributed by atoms with Crippen molar-refractivity contribution in [2.24, 2.45) is 5.41 Å². The van der Waals surface area contributed by atoms with E-state index < -0.39 is 17.0 Å². The number of carbonyl (C=O) groups excluding carboxylic acids is 2. The predicted molar refractivity (Wildman–Crippen MR) is 126 cm³/mol. The van der Waals surface area contributed by atoms with Crippen molar-refractivity contribution < 1.29 is 9.59 Å². The Morgan fingerprint density at radius 3 is 2.52 bits per heavy atom. The molecule has 3 aromatic rings. The third-order valence-electron chi connectivity index (χ3n) is 6.06. The number of nitrogens with one attached hydrogen (secondary N) is 3. The number of amides is 2. The van der Waals surface area contributed by atoms with Gasteiger partial charge >= 0.3 is 5.69 Å². The first-order chi connectivity index (χ1) is 16.0. The van der Waals surface area contributed by atoms with Gasteiger partial charge in [-0.3, -0.25) is 14.6 Å². The lowest BCUT2D eigenvalue weighted by atomic mass is 9.74. The van der Waals surface area contributed by atoms with Crippen LogP contribution in [0, 0.1) is 5.41 Å². The van der Waals surface area contributed by atoms with E-state index in [-0.39, 0.29) is 18.3 Å². The molecule has 4 rings (SSSR count). The third-order valence-corrected chi connectivity index (χ3v) is 6.06. The summed E-state index contributed by atoms with van der Waals surface area (Å²) in [6.07, 6.45) is 3.45. The summed E-state index contributed by atoms with van der Waals surface area (Å²) in [5, 5.41) is 8.91. The minimum atomic E-state index is -0.790. The van der Waals surface area contributed by atoms with Crippen LogP contribution >= 0.6 is 0 Å². The molecule has 0 spiro atoms. The summed E-state index contributed by atoms with van der Waals surface area (Å²) >= 11 is 0. The highest BCUT2D eigenvalue weighted by atomic mass is 16.2. The Bertz CT molecular complexity index is 1180. The van der Waals surface area contributed by atoms with E-state index in [1.807, 2.05) is 30.3 Å². The zero-order chi connectivity index (χ0) is 23.3. The lowest BCUT2D eigenvalue weighted by Gasteiger charge is -2.41. The summed E-state index contributed by atoms with van der Waals surface area (Å²) in [6, 6.07) is 18.3. The van der Waals surface area contributed by atoms with Gasteiger partial charge in [-0.1, -0.05) is 60.7 Å². The molecule has 1 fully saturated rings. The first kappa shape index (κ1) is 22.3. The van der Waals surface area contributed by atoms with E-state index in [9.17, 15) is 14.4 Å². The van der Waals surface area contributed by atoms with Crippen molar-refractivity contribution in [2.45, 2.75) is 19.3 Å². The van der Waals surface area contributed by atoms with Gasteiger partial charge in [0.15, 0.2) is 0 Å². The molecule has 1 atom stereocenters. The maximum atomic E-state index is 13.3. The van der Waals surface area contributed by atoms with Crippen LogP contribution in [0.3, 0.4) is 0 Å². The van der Waals surface area contributed by atoms with Crippen LogP contribution in [0.4, 0.5) is 0 Å². The summed E-state index contributed by atoms with van der Waals surface area (Å²) < 4.78 is 0. The number of piperidine rings is 1. The fourth-order valence-electron chi connectivity index (χ4n) is 4.42. The van der Waals surface area contributed by atoms with Crippen LogP contribution in [0.1, 0.15) is 29.0 Å². The summed E-state index contributed by atoms with van der Waals surface area (Å²) in [7, 11) is 0. The summed E-state index contributed by atoms with van der Waals surface area (Å²) in [6.45, 7) is 4.78. The average molecular weight is 446 g/mol. The zero-order valence-corrected chi connectivity index (χ0v) is 18.3. The van der Waals surface area contributed by atoms with Crippen LogP contribution < -0.4 is 11.0 Å². The smallest absolute Gasteiger partial charge is 0.341 e. The van der Waals surface area contributed by atoms with Gasteiger partial charge in [-0.15, -0.1) is 11.7 Å². The number of rotatable bonds is 7. The Morgan fingerprint density at radius 2 is 1.85 bits per heavy atom. The molecule has 0 aliphatic carbocycles. The van der Waals surface area contributed by atoms with Gasteiger partial charge < -0.3 is 10.2 Å². The molecule has 3 N–H and O–H groups in total. The van der Waals surface area contributed by atoms with Gasteiger partial charge in [0.25, 0.3) is 5.91 Å². The second-order valence-corrected chi connectivity index (χ2v) is 8.38. The SMILES string of the molecule is C=CCNC(=O)[C@@]1(Cc2ccc(-c3ccccc3)cc2)CCCN(C(=O)c2n[nH]c(=O)[nH]2)C1. The normalized spacial score (nSPS) is 18.0. The molecule has 2 heterocycles. The van der Waals surface area contributed by atoms with Crippen molar-refractivity contribution in [3.63, 3.8) is 0 Å². The highest BCUT2D eigenvalue weighted by molar-refractivity contribution is 5.91. The van der Waals surface area contributed by atoms with Gasteiger partial charge in [0.1, 0.15) is 0 Å². The van der Waals surface area contributed by atoms with Gasteiger partial charge in [0.2, 0.25) is 11.7 Å². The fourth-order valence-corrected chi connectivity index (χ4v) is 4.42. The van der Waals surface area contributed by atoms with Crippen molar-refractivity contribution in [1.29, 1.82) is 0 Å². The molecule has 0 bridgehead atoms. The van der Waals surface area contributed by atoms with Crippen LogP contribution in [0.15, 0.2) is 72.0 Å². The number of benzene rings is 2. The standard InChI is InChI=1S/C25H27N5O3/c1-2-14-26-23(32)25(13-6-15-30(17-25)22(31)21-27-24(33)29-28-21)16-18-9-11-20(12-10-18)19-7-4-3-5-8-19/h2-5,7-12H,1,6,13-17H2,(H,26,32)(H2,27,28,29,33)/t25-/m1/s1. The van der Waals surface area contributed by atoms with E-state index in [0.29, 0.717) is 32.4 Å². The number of carbonyl (C=O) groups is 2. The van der Waals surface area contributed by atoms with E-state index in [1.165, 1.54) is 0 Å². The minimum absolute atomic E-state index is 0.0467. The molecule has 1 aromatic heterocycles. The first-order valence-electron chi connectivity index (χ1n) is 11.0. The largest absolute Gasteiger partial charge is 0.352 e. The second-order valence-electron chi connectivity index (χ2n) is 8.38. The number of hydrogen-bond acceptors (Lipinski definition) is 4. The number of likely N-dealkylation sites (tertiary alicyclic amines) is 1. The molecular formula is C25H27N5O3. The topological polar surface area (TPSA) is 111 Å². The fraction of sp³-hybridized carbons (Fsp3) is 0.280. The Kier molecular flexibility index (Phi) is 6.53. The van der Waals surface area contributed by atoms with Crippen LogP contribution in [0.25, 0.3) is 11.1 Å². The van der Waals surface area contributed by atoms with Gasteiger partial charge in [-0.25, -0.2) is 9.89 Å². The molecule has 1 saturated heterocycles. The van der Waals surface area contributed by atoms with Crippen LogP contribution in [-0.4, -0.2) is 51.5 Å².